The molecule has 1 aromatic carbocycles. The molecule has 2 aliphatic rings. The highest BCUT2D eigenvalue weighted by molar-refractivity contribution is 5.16. The maximum Gasteiger partial charge on any atom is 0.0163 e. The Morgan fingerprint density at radius 2 is 1.83 bits per heavy atom. The third kappa shape index (κ3) is 2.47. The van der Waals surface area contributed by atoms with Crippen molar-refractivity contribution >= 4 is 0 Å². The van der Waals surface area contributed by atoms with Gasteiger partial charge in [-0.15, -0.1) is 0 Å². The Hall–Kier alpha value is -0.820. The summed E-state index contributed by atoms with van der Waals surface area (Å²) >= 11 is 0. The predicted molar refractivity (Wildman–Crippen MR) is 76.6 cm³/mol. The molecule has 0 aromatic heterocycles. The zero-order chi connectivity index (χ0) is 12.4. The molecule has 3 atom stereocenters. The highest BCUT2D eigenvalue weighted by Gasteiger charge is 2.37. The molecule has 0 amide bonds. The van der Waals surface area contributed by atoms with Crippen molar-refractivity contribution in [2.75, 3.05) is 13.6 Å². The lowest BCUT2D eigenvalue weighted by atomic mass is 9.70. The van der Waals surface area contributed by atoms with Crippen molar-refractivity contribution < 1.29 is 0 Å². The first-order valence-corrected chi connectivity index (χ1v) is 7.59. The molecule has 1 heteroatoms. The maximum atomic E-state index is 2.62. The molecule has 0 N–H and O–H groups in total. The zero-order valence-corrected chi connectivity index (χ0v) is 11.5. The highest BCUT2D eigenvalue weighted by Crippen LogP contribution is 2.40. The van der Waals surface area contributed by atoms with Crippen LogP contribution in [0.4, 0.5) is 0 Å². The third-order valence-electron chi connectivity index (χ3n) is 5.17. The lowest BCUT2D eigenvalue weighted by Gasteiger charge is -2.46. The van der Waals surface area contributed by atoms with E-state index in [-0.39, 0.29) is 0 Å². The highest BCUT2D eigenvalue weighted by atomic mass is 15.1. The van der Waals surface area contributed by atoms with Crippen molar-refractivity contribution in [1.82, 2.24) is 4.90 Å². The van der Waals surface area contributed by atoms with Gasteiger partial charge in [-0.2, -0.15) is 0 Å². The quantitative estimate of drug-likeness (QED) is 0.765. The van der Waals surface area contributed by atoms with Crippen molar-refractivity contribution in [1.29, 1.82) is 0 Å². The Labute approximate surface area is 111 Å². The van der Waals surface area contributed by atoms with E-state index in [0.717, 1.165) is 17.9 Å². The minimum atomic E-state index is 0.784. The van der Waals surface area contributed by atoms with Gasteiger partial charge in [0.2, 0.25) is 0 Å². The Morgan fingerprint density at radius 1 is 1.06 bits per heavy atom. The average molecular weight is 243 g/mol. The normalized spacial score (nSPS) is 33.1. The molecule has 1 aliphatic heterocycles. The fourth-order valence-electron chi connectivity index (χ4n) is 4.13. The Bertz CT molecular complexity index is 372. The second-order valence-corrected chi connectivity index (χ2v) is 6.23. The van der Waals surface area contributed by atoms with Gasteiger partial charge in [0.05, 0.1) is 0 Å². The molecular weight excluding hydrogens is 218 g/mol. The van der Waals surface area contributed by atoms with Crippen LogP contribution in [-0.2, 0) is 6.42 Å². The first-order valence-electron chi connectivity index (χ1n) is 7.59. The summed E-state index contributed by atoms with van der Waals surface area (Å²) in [6.45, 7) is 1.30. The molecular formula is C17H25N. The lowest BCUT2D eigenvalue weighted by molar-refractivity contribution is 0.0410. The van der Waals surface area contributed by atoms with Gasteiger partial charge in [0.15, 0.2) is 0 Å². The topological polar surface area (TPSA) is 3.24 Å². The molecule has 1 heterocycles. The van der Waals surface area contributed by atoms with Gasteiger partial charge in [0.1, 0.15) is 0 Å². The van der Waals surface area contributed by atoms with Gasteiger partial charge in [0.25, 0.3) is 0 Å². The number of nitrogens with zero attached hydrogens (tertiary/aromatic N) is 1. The summed E-state index contributed by atoms with van der Waals surface area (Å²) < 4.78 is 0. The summed E-state index contributed by atoms with van der Waals surface area (Å²) in [5.41, 5.74) is 1.51. The number of hydrogen-bond donors (Lipinski definition) is 0. The molecule has 2 fully saturated rings. The molecule has 18 heavy (non-hydrogen) atoms. The average Bonchev–Trinajstić information content (AvgIpc) is 2.43. The Kier molecular flexibility index (Phi) is 3.69. The van der Waals surface area contributed by atoms with E-state index in [2.05, 4.69) is 42.3 Å². The van der Waals surface area contributed by atoms with Crippen molar-refractivity contribution in [3.63, 3.8) is 0 Å². The van der Waals surface area contributed by atoms with Gasteiger partial charge in [-0.3, -0.25) is 0 Å². The van der Waals surface area contributed by atoms with E-state index in [1.54, 1.807) is 0 Å². The van der Waals surface area contributed by atoms with E-state index in [4.69, 9.17) is 0 Å². The van der Waals surface area contributed by atoms with E-state index in [0.29, 0.717) is 0 Å². The van der Waals surface area contributed by atoms with Crippen molar-refractivity contribution in [2.45, 2.75) is 44.6 Å². The SMILES string of the molecule is CN1CCC2CCCCC2C1Cc1ccccc1. The van der Waals surface area contributed by atoms with Gasteiger partial charge >= 0.3 is 0 Å². The number of likely N-dealkylation sites (tertiary alicyclic amines) is 1. The summed E-state index contributed by atoms with van der Waals surface area (Å²) in [6.07, 6.45) is 8.57. The number of hydrogen-bond acceptors (Lipinski definition) is 1. The van der Waals surface area contributed by atoms with Crippen LogP contribution in [-0.4, -0.2) is 24.5 Å². The van der Waals surface area contributed by atoms with Crippen molar-refractivity contribution in [3.05, 3.63) is 35.9 Å². The molecule has 1 saturated heterocycles. The molecule has 0 spiro atoms. The van der Waals surface area contributed by atoms with Gasteiger partial charge in [-0.05, 0) is 50.3 Å². The molecule has 0 radical (unpaired) electrons. The fraction of sp³-hybridized carbons (Fsp3) is 0.647. The summed E-state index contributed by atoms with van der Waals surface area (Å²) in [5, 5.41) is 0. The summed E-state index contributed by atoms with van der Waals surface area (Å²) in [5.74, 6) is 1.97. The summed E-state index contributed by atoms with van der Waals surface area (Å²) in [6, 6.07) is 11.8. The minimum Gasteiger partial charge on any atom is -0.303 e. The molecule has 1 saturated carbocycles. The molecule has 0 bridgehead atoms. The van der Waals surface area contributed by atoms with Crippen LogP contribution >= 0.6 is 0 Å². The van der Waals surface area contributed by atoms with Crippen LogP contribution in [0.3, 0.4) is 0 Å². The summed E-state index contributed by atoms with van der Waals surface area (Å²) in [7, 11) is 2.33. The number of rotatable bonds is 2. The largest absolute Gasteiger partial charge is 0.303 e. The molecule has 98 valence electrons. The zero-order valence-electron chi connectivity index (χ0n) is 11.5. The fourth-order valence-corrected chi connectivity index (χ4v) is 4.13. The van der Waals surface area contributed by atoms with Crippen molar-refractivity contribution in [3.8, 4) is 0 Å². The van der Waals surface area contributed by atoms with Crippen LogP contribution in [0.25, 0.3) is 0 Å². The number of fused-ring (bicyclic) bond motifs is 1. The van der Waals surface area contributed by atoms with Crippen molar-refractivity contribution in [2.24, 2.45) is 11.8 Å². The van der Waals surface area contributed by atoms with Crippen LogP contribution in [0.2, 0.25) is 0 Å². The van der Waals surface area contributed by atoms with E-state index >= 15 is 0 Å². The first-order chi connectivity index (χ1) is 8.84. The predicted octanol–water partition coefficient (Wildman–Crippen LogP) is 3.74. The maximum absolute atomic E-state index is 2.62. The third-order valence-corrected chi connectivity index (χ3v) is 5.17. The van der Waals surface area contributed by atoms with E-state index in [1.165, 1.54) is 50.6 Å². The van der Waals surface area contributed by atoms with Gasteiger partial charge in [-0.1, -0.05) is 49.6 Å². The van der Waals surface area contributed by atoms with E-state index < -0.39 is 0 Å². The number of likely N-dealkylation sites (N-methyl/N-ethyl adjacent to an activating group) is 1. The minimum absolute atomic E-state index is 0.784. The first kappa shape index (κ1) is 12.2. The molecule has 1 nitrogen and oxygen atoms in total. The van der Waals surface area contributed by atoms with Gasteiger partial charge < -0.3 is 4.90 Å². The van der Waals surface area contributed by atoms with Gasteiger partial charge in [-0.25, -0.2) is 0 Å². The molecule has 3 rings (SSSR count). The van der Waals surface area contributed by atoms with E-state index in [1.807, 2.05) is 0 Å². The molecule has 3 unspecified atom stereocenters. The van der Waals surface area contributed by atoms with E-state index in [9.17, 15) is 0 Å². The van der Waals surface area contributed by atoms with Crippen LogP contribution in [0.15, 0.2) is 30.3 Å². The monoisotopic (exact) mass is 243 g/mol. The molecule has 1 aliphatic carbocycles. The second kappa shape index (κ2) is 5.44. The van der Waals surface area contributed by atoms with Crippen LogP contribution < -0.4 is 0 Å². The van der Waals surface area contributed by atoms with Crippen LogP contribution in [0.1, 0.15) is 37.7 Å². The smallest absolute Gasteiger partial charge is 0.0163 e. The summed E-state index contributed by atoms with van der Waals surface area (Å²) in [4.78, 5) is 2.62. The Morgan fingerprint density at radius 3 is 2.67 bits per heavy atom. The molecule has 1 aromatic rings. The lowest BCUT2D eigenvalue weighted by Crippen LogP contribution is -2.49. The Balaban J connectivity index is 1.75. The number of piperidine rings is 1. The van der Waals surface area contributed by atoms with Gasteiger partial charge in [0, 0.05) is 6.04 Å². The second-order valence-electron chi connectivity index (χ2n) is 6.23. The standard InChI is InChI=1S/C17H25N/c1-18-12-11-15-9-5-6-10-16(15)17(18)13-14-7-3-2-4-8-14/h2-4,7-8,15-17H,5-6,9-13H2,1H3. The van der Waals surface area contributed by atoms with Crippen LogP contribution in [0.5, 0.6) is 0 Å². The van der Waals surface area contributed by atoms with Crippen LogP contribution in [0, 0.1) is 11.8 Å². The number of benzene rings is 1.